The van der Waals surface area contributed by atoms with Crippen LogP contribution in [0.3, 0.4) is 0 Å². The third-order valence-electron chi connectivity index (χ3n) is 3.19. The molecule has 0 aliphatic carbocycles. The summed E-state index contributed by atoms with van der Waals surface area (Å²) in [5, 5.41) is 6.61. The van der Waals surface area contributed by atoms with E-state index in [0.29, 0.717) is 19.1 Å². The highest BCUT2D eigenvalue weighted by Gasteiger charge is 2.20. The third kappa shape index (κ3) is 10.8. The number of guanidine groups is 1. The highest BCUT2D eigenvalue weighted by molar-refractivity contribution is 5.80. The van der Waals surface area contributed by atoms with Crippen LogP contribution in [-0.2, 0) is 4.74 Å². The zero-order chi connectivity index (χ0) is 18.0. The number of nitrogens with one attached hydrogen (secondary N) is 2. The van der Waals surface area contributed by atoms with Gasteiger partial charge in [-0.3, -0.25) is 4.99 Å². The summed E-state index contributed by atoms with van der Waals surface area (Å²) < 4.78 is 5.36. The van der Waals surface area contributed by atoms with Crippen molar-refractivity contribution in [2.75, 3.05) is 26.7 Å². The summed E-state index contributed by atoms with van der Waals surface area (Å²) in [5.74, 6) is 1.08. The van der Waals surface area contributed by atoms with Gasteiger partial charge in [0.2, 0.25) is 0 Å². The maximum atomic E-state index is 12.0. The molecular formula is C17H36N4O2. The molecule has 0 aromatic rings. The molecule has 0 rings (SSSR count). The predicted molar refractivity (Wildman–Crippen MR) is 96.9 cm³/mol. The Balaban J connectivity index is 4.46. The minimum atomic E-state index is -0.467. The Morgan fingerprint density at radius 1 is 1.26 bits per heavy atom. The molecule has 2 N–H and O–H groups in total. The van der Waals surface area contributed by atoms with E-state index < -0.39 is 5.60 Å². The molecular weight excluding hydrogens is 292 g/mol. The number of carbonyl (C=O) groups is 1. The molecule has 0 spiro atoms. The summed E-state index contributed by atoms with van der Waals surface area (Å²) in [6.45, 7) is 16.1. The zero-order valence-electron chi connectivity index (χ0n) is 16.2. The SMILES string of the molecule is CCNC(=NCC(C)CN(C)C(=O)OC(C)(C)C)NC(C)CC. The first-order valence-electron chi connectivity index (χ1n) is 8.58. The van der Waals surface area contributed by atoms with Gasteiger partial charge in [-0.25, -0.2) is 4.79 Å². The molecule has 6 heteroatoms. The number of amides is 1. The predicted octanol–water partition coefficient (Wildman–Crippen LogP) is 2.84. The Morgan fingerprint density at radius 3 is 2.35 bits per heavy atom. The van der Waals surface area contributed by atoms with E-state index in [-0.39, 0.29) is 12.0 Å². The van der Waals surface area contributed by atoms with Gasteiger partial charge in [-0.15, -0.1) is 0 Å². The minimum Gasteiger partial charge on any atom is -0.444 e. The molecule has 0 saturated carbocycles. The maximum absolute atomic E-state index is 12.0. The van der Waals surface area contributed by atoms with Crippen LogP contribution in [0.1, 0.15) is 54.9 Å². The van der Waals surface area contributed by atoms with Gasteiger partial charge in [0.1, 0.15) is 5.60 Å². The summed E-state index contributed by atoms with van der Waals surface area (Å²) in [6.07, 6.45) is 0.749. The monoisotopic (exact) mass is 328 g/mol. The van der Waals surface area contributed by atoms with Crippen molar-refractivity contribution in [3.8, 4) is 0 Å². The van der Waals surface area contributed by atoms with Crippen molar-refractivity contribution >= 4 is 12.1 Å². The van der Waals surface area contributed by atoms with E-state index in [4.69, 9.17) is 4.74 Å². The van der Waals surface area contributed by atoms with Crippen LogP contribution in [0.15, 0.2) is 4.99 Å². The molecule has 0 bridgehead atoms. The molecule has 0 heterocycles. The van der Waals surface area contributed by atoms with E-state index in [0.717, 1.165) is 18.9 Å². The Kier molecular flexibility index (Phi) is 9.68. The number of rotatable bonds is 7. The van der Waals surface area contributed by atoms with Gasteiger partial charge in [-0.2, -0.15) is 0 Å². The average Bonchev–Trinajstić information content (AvgIpc) is 2.42. The van der Waals surface area contributed by atoms with Gasteiger partial charge in [0.15, 0.2) is 5.96 Å². The molecule has 136 valence electrons. The van der Waals surface area contributed by atoms with Gasteiger partial charge >= 0.3 is 6.09 Å². The highest BCUT2D eigenvalue weighted by Crippen LogP contribution is 2.10. The second-order valence-corrected chi connectivity index (χ2v) is 7.14. The number of carbonyl (C=O) groups excluding carboxylic acids is 1. The Hall–Kier alpha value is -1.46. The van der Waals surface area contributed by atoms with Crippen LogP contribution in [-0.4, -0.2) is 55.3 Å². The summed E-state index contributed by atoms with van der Waals surface area (Å²) in [5.41, 5.74) is -0.467. The average molecular weight is 329 g/mol. The molecule has 0 aliphatic rings. The van der Waals surface area contributed by atoms with E-state index in [1.165, 1.54) is 0 Å². The lowest BCUT2D eigenvalue weighted by Gasteiger charge is -2.26. The summed E-state index contributed by atoms with van der Waals surface area (Å²) in [7, 11) is 1.76. The summed E-state index contributed by atoms with van der Waals surface area (Å²) >= 11 is 0. The lowest BCUT2D eigenvalue weighted by atomic mass is 10.2. The fourth-order valence-corrected chi connectivity index (χ4v) is 1.84. The zero-order valence-corrected chi connectivity index (χ0v) is 16.2. The van der Waals surface area contributed by atoms with Gasteiger partial charge in [-0.1, -0.05) is 13.8 Å². The smallest absolute Gasteiger partial charge is 0.410 e. The number of nitrogens with zero attached hydrogens (tertiary/aromatic N) is 2. The van der Waals surface area contributed by atoms with Crippen LogP contribution in [0, 0.1) is 5.92 Å². The van der Waals surface area contributed by atoms with Crippen LogP contribution in [0.25, 0.3) is 0 Å². The number of ether oxygens (including phenoxy) is 1. The van der Waals surface area contributed by atoms with E-state index in [1.54, 1.807) is 11.9 Å². The van der Waals surface area contributed by atoms with Crippen molar-refractivity contribution in [1.82, 2.24) is 15.5 Å². The molecule has 6 nitrogen and oxygen atoms in total. The van der Waals surface area contributed by atoms with Gasteiger partial charge < -0.3 is 20.3 Å². The second-order valence-electron chi connectivity index (χ2n) is 7.14. The first kappa shape index (κ1) is 21.5. The molecule has 0 aliphatic heterocycles. The van der Waals surface area contributed by atoms with Crippen LogP contribution >= 0.6 is 0 Å². The maximum Gasteiger partial charge on any atom is 0.410 e. The molecule has 0 fully saturated rings. The van der Waals surface area contributed by atoms with Crippen molar-refractivity contribution in [3.05, 3.63) is 0 Å². The van der Waals surface area contributed by atoms with Gasteiger partial charge in [-0.05, 0) is 47.0 Å². The molecule has 0 aromatic carbocycles. The number of aliphatic imine (C=N–C) groups is 1. The van der Waals surface area contributed by atoms with Crippen LogP contribution in [0.4, 0.5) is 4.79 Å². The van der Waals surface area contributed by atoms with Crippen molar-refractivity contribution in [2.24, 2.45) is 10.9 Å². The van der Waals surface area contributed by atoms with E-state index in [9.17, 15) is 4.79 Å². The molecule has 0 saturated heterocycles. The molecule has 0 radical (unpaired) electrons. The normalized spacial score (nSPS) is 14.9. The summed E-state index contributed by atoms with van der Waals surface area (Å²) in [6, 6.07) is 0.382. The van der Waals surface area contributed by atoms with Crippen molar-refractivity contribution in [2.45, 2.75) is 66.5 Å². The van der Waals surface area contributed by atoms with E-state index >= 15 is 0 Å². The first-order valence-corrected chi connectivity index (χ1v) is 8.58. The van der Waals surface area contributed by atoms with Crippen LogP contribution < -0.4 is 10.6 Å². The molecule has 1 amide bonds. The fraction of sp³-hybridized carbons (Fsp3) is 0.882. The van der Waals surface area contributed by atoms with Crippen molar-refractivity contribution in [1.29, 1.82) is 0 Å². The van der Waals surface area contributed by atoms with Crippen molar-refractivity contribution < 1.29 is 9.53 Å². The first-order chi connectivity index (χ1) is 10.6. The van der Waals surface area contributed by atoms with E-state index in [2.05, 4.69) is 36.4 Å². The Bertz CT molecular complexity index is 377. The molecule has 2 unspecified atom stereocenters. The van der Waals surface area contributed by atoms with E-state index in [1.807, 2.05) is 27.7 Å². The molecule has 0 aromatic heterocycles. The topological polar surface area (TPSA) is 66.0 Å². The number of hydrogen-bond acceptors (Lipinski definition) is 3. The Morgan fingerprint density at radius 2 is 1.87 bits per heavy atom. The minimum absolute atomic E-state index is 0.250. The van der Waals surface area contributed by atoms with Crippen LogP contribution in [0.5, 0.6) is 0 Å². The Labute approximate surface area is 142 Å². The lowest BCUT2D eigenvalue weighted by molar-refractivity contribution is 0.0279. The lowest BCUT2D eigenvalue weighted by Crippen LogP contribution is -2.42. The van der Waals surface area contributed by atoms with Gasteiger partial charge in [0, 0.05) is 32.7 Å². The van der Waals surface area contributed by atoms with Crippen molar-refractivity contribution in [3.63, 3.8) is 0 Å². The number of hydrogen-bond donors (Lipinski definition) is 2. The molecule has 2 atom stereocenters. The molecule has 23 heavy (non-hydrogen) atoms. The second kappa shape index (κ2) is 10.3. The van der Waals surface area contributed by atoms with Gasteiger partial charge in [0.05, 0.1) is 0 Å². The fourth-order valence-electron chi connectivity index (χ4n) is 1.84. The summed E-state index contributed by atoms with van der Waals surface area (Å²) in [4.78, 5) is 18.2. The van der Waals surface area contributed by atoms with Gasteiger partial charge in [0.25, 0.3) is 0 Å². The standard InChI is InChI=1S/C17H36N4O2/c1-9-14(4)20-15(18-10-2)19-11-13(3)12-21(8)16(22)23-17(5,6)7/h13-14H,9-12H2,1-8H3,(H2,18,19,20). The highest BCUT2D eigenvalue weighted by atomic mass is 16.6. The quantitative estimate of drug-likeness (QED) is 0.557. The van der Waals surface area contributed by atoms with Crippen LogP contribution in [0.2, 0.25) is 0 Å². The third-order valence-corrected chi connectivity index (χ3v) is 3.19. The largest absolute Gasteiger partial charge is 0.444 e.